The van der Waals surface area contributed by atoms with Gasteiger partial charge in [0.15, 0.2) is 16.9 Å². The lowest BCUT2D eigenvalue weighted by molar-refractivity contribution is -0.180. The van der Waals surface area contributed by atoms with Crippen molar-refractivity contribution in [2.45, 2.75) is 40.2 Å². The number of methoxy groups -OCH3 is 2. The molecule has 1 aromatic rings. The van der Waals surface area contributed by atoms with Crippen LogP contribution in [0.5, 0.6) is 11.5 Å². The number of amides is 1. The summed E-state index contributed by atoms with van der Waals surface area (Å²) in [7, 11) is 3.03. The van der Waals surface area contributed by atoms with E-state index in [0.29, 0.717) is 17.1 Å². The Bertz CT molecular complexity index is 653. The molecule has 0 aliphatic rings. The zero-order chi connectivity index (χ0) is 19.7. The lowest BCUT2D eigenvalue weighted by Crippen LogP contribution is -2.43. The molecule has 0 heterocycles. The van der Waals surface area contributed by atoms with Gasteiger partial charge < -0.3 is 19.0 Å². The molecule has 1 aromatic carbocycles. The van der Waals surface area contributed by atoms with Gasteiger partial charge in [-0.15, -0.1) is 0 Å². The van der Waals surface area contributed by atoms with Crippen molar-refractivity contribution in [2.75, 3.05) is 14.2 Å². The Kier molecular flexibility index (Phi) is 7.89. The molecule has 0 bridgehead atoms. The fourth-order valence-electron chi connectivity index (χ4n) is 2.38. The van der Waals surface area contributed by atoms with E-state index in [2.05, 4.69) is 0 Å². The molecule has 1 amide bonds. The van der Waals surface area contributed by atoms with Crippen LogP contribution >= 0.6 is 0 Å². The van der Waals surface area contributed by atoms with Crippen molar-refractivity contribution < 1.29 is 33.4 Å². The first kappa shape index (κ1) is 21.3. The number of ether oxygens (including phenoxy) is 3. The first-order valence-corrected chi connectivity index (χ1v) is 8.20. The highest BCUT2D eigenvalue weighted by Gasteiger charge is 2.46. The second-order valence-electron chi connectivity index (χ2n) is 5.60. The van der Waals surface area contributed by atoms with Crippen LogP contribution in [0.2, 0.25) is 0 Å². The molecule has 0 atom stereocenters. The minimum atomic E-state index is -1.49. The van der Waals surface area contributed by atoms with Crippen LogP contribution in [-0.2, 0) is 30.6 Å². The van der Waals surface area contributed by atoms with Crippen molar-refractivity contribution >= 4 is 17.8 Å². The highest BCUT2D eigenvalue weighted by molar-refractivity contribution is 6.00. The van der Waals surface area contributed by atoms with Gasteiger partial charge in [0.25, 0.3) is 0 Å². The summed E-state index contributed by atoms with van der Waals surface area (Å²) in [5.41, 5.74) is 1.14. The maximum absolute atomic E-state index is 12.6. The van der Waals surface area contributed by atoms with Crippen molar-refractivity contribution in [2.24, 2.45) is 5.41 Å². The van der Waals surface area contributed by atoms with Gasteiger partial charge in [-0.25, -0.2) is 4.79 Å². The average Bonchev–Trinajstić information content (AvgIpc) is 2.65. The first-order valence-electron chi connectivity index (χ1n) is 8.20. The van der Waals surface area contributed by atoms with Crippen molar-refractivity contribution in [1.29, 1.82) is 0 Å². The molecule has 8 nitrogen and oxygen atoms in total. The third kappa shape index (κ3) is 4.87. The van der Waals surface area contributed by atoms with Crippen molar-refractivity contribution in [3.8, 4) is 11.5 Å². The number of benzene rings is 1. The van der Waals surface area contributed by atoms with Gasteiger partial charge in [-0.1, -0.05) is 19.9 Å². The molecule has 1 N–H and O–H groups in total. The molecule has 0 unspecified atom stereocenters. The Morgan fingerprint density at radius 1 is 1.00 bits per heavy atom. The Morgan fingerprint density at radius 3 is 2.12 bits per heavy atom. The fourth-order valence-corrected chi connectivity index (χ4v) is 2.38. The van der Waals surface area contributed by atoms with Crippen LogP contribution in [0.4, 0.5) is 0 Å². The lowest BCUT2D eigenvalue weighted by atomic mass is 9.82. The Hall–Kier alpha value is -2.77. The molecule has 26 heavy (non-hydrogen) atoms. The summed E-state index contributed by atoms with van der Waals surface area (Å²) in [5.74, 6) is -1.05. The predicted molar refractivity (Wildman–Crippen MR) is 92.3 cm³/mol. The summed E-state index contributed by atoms with van der Waals surface area (Å²) in [6, 6.07) is 5.10. The summed E-state index contributed by atoms with van der Waals surface area (Å²) in [6.45, 7) is 4.50. The molecule has 0 spiro atoms. The predicted octanol–water partition coefficient (Wildman–Crippen LogP) is 2.15. The van der Waals surface area contributed by atoms with Crippen LogP contribution in [0.25, 0.3) is 0 Å². The average molecular weight is 367 g/mol. The fraction of sp³-hybridized carbons (Fsp3) is 0.500. The number of esters is 1. The summed E-state index contributed by atoms with van der Waals surface area (Å²) in [4.78, 5) is 40.5. The largest absolute Gasteiger partial charge is 0.493 e. The summed E-state index contributed by atoms with van der Waals surface area (Å²) < 4.78 is 15.7. The molecule has 0 aliphatic heterocycles. The summed E-state index contributed by atoms with van der Waals surface area (Å²) >= 11 is 0. The molecular weight excluding hydrogens is 342 g/mol. The number of hydroxylamine groups is 1. The molecule has 0 saturated carbocycles. The zero-order valence-corrected chi connectivity index (χ0v) is 15.7. The summed E-state index contributed by atoms with van der Waals surface area (Å²) in [6.07, 6.45) is 0.347. The van der Waals surface area contributed by atoms with E-state index in [9.17, 15) is 14.4 Å². The van der Waals surface area contributed by atoms with Gasteiger partial charge in [0.1, 0.15) is 6.61 Å². The molecule has 0 radical (unpaired) electrons. The molecule has 144 valence electrons. The van der Waals surface area contributed by atoms with Crippen molar-refractivity contribution in [3.05, 3.63) is 23.8 Å². The van der Waals surface area contributed by atoms with Gasteiger partial charge in [0.05, 0.1) is 14.2 Å². The monoisotopic (exact) mass is 367 g/mol. The van der Waals surface area contributed by atoms with Crippen molar-refractivity contribution in [3.63, 3.8) is 0 Å². The maximum atomic E-state index is 12.6. The Labute approximate surface area is 152 Å². The van der Waals surface area contributed by atoms with E-state index in [-0.39, 0.29) is 19.4 Å². The van der Waals surface area contributed by atoms with Gasteiger partial charge in [-0.2, -0.15) is 5.48 Å². The van der Waals surface area contributed by atoms with E-state index < -0.39 is 23.3 Å². The second-order valence-corrected chi connectivity index (χ2v) is 5.60. The van der Waals surface area contributed by atoms with Crippen LogP contribution in [0.15, 0.2) is 18.2 Å². The van der Waals surface area contributed by atoms with Crippen LogP contribution in [0.3, 0.4) is 0 Å². The molecule has 1 rings (SSSR count). The Balaban J connectivity index is 2.88. The van der Waals surface area contributed by atoms with Gasteiger partial charge in [-0.05, 0) is 30.5 Å². The quantitative estimate of drug-likeness (QED) is 0.427. The summed E-state index contributed by atoms with van der Waals surface area (Å²) in [5, 5.41) is 0. The number of hydrogen-bond acceptors (Lipinski definition) is 7. The molecule has 0 aromatic heterocycles. The molecule has 8 heteroatoms. The number of hydrogen-bond donors (Lipinski definition) is 1. The van der Waals surface area contributed by atoms with Gasteiger partial charge in [-0.3, -0.25) is 9.59 Å². The molecular formula is C18H25NO7. The zero-order valence-electron chi connectivity index (χ0n) is 15.7. The second kappa shape index (κ2) is 9.65. The van der Waals surface area contributed by atoms with Crippen LogP contribution in [-0.4, -0.2) is 32.1 Å². The standard InChI is InChI=1S/C18H25NO7/c1-6-18(7-2,17(22)26-19-12(3)20)16(21)25-11-13-8-9-14(23-4)15(10-13)24-5/h8-10H,6-7,11H2,1-5H3,(H,19,20). The van der Waals surface area contributed by atoms with E-state index in [1.807, 2.05) is 5.48 Å². The number of carbonyl (C=O) groups excluding carboxylic acids is 3. The maximum Gasteiger partial charge on any atom is 0.349 e. The molecule has 0 fully saturated rings. The number of carbonyl (C=O) groups is 3. The van der Waals surface area contributed by atoms with Crippen LogP contribution in [0.1, 0.15) is 39.2 Å². The smallest absolute Gasteiger partial charge is 0.349 e. The SMILES string of the molecule is CCC(CC)(C(=O)OCc1ccc(OC)c(OC)c1)C(=O)ONC(C)=O. The van der Waals surface area contributed by atoms with E-state index in [1.165, 1.54) is 21.1 Å². The first-order chi connectivity index (χ1) is 12.3. The number of nitrogens with one attached hydrogen (secondary N) is 1. The minimum absolute atomic E-state index is 0.0473. The van der Waals surface area contributed by atoms with Gasteiger partial charge in [0.2, 0.25) is 5.91 Å². The highest BCUT2D eigenvalue weighted by atomic mass is 16.7. The van der Waals surface area contributed by atoms with Crippen molar-refractivity contribution in [1.82, 2.24) is 5.48 Å². The normalized spacial score (nSPS) is 10.7. The highest BCUT2D eigenvalue weighted by Crippen LogP contribution is 2.31. The van der Waals surface area contributed by atoms with Crippen LogP contribution in [0, 0.1) is 5.41 Å². The van der Waals surface area contributed by atoms with E-state index in [4.69, 9.17) is 19.0 Å². The van der Waals surface area contributed by atoms with Gasteiger partial charge in [0, 0.05) is 6.92 Å². The van der Waals surface area contributed by atoms with Gasteiger partial charge >= 0.3 is 11.9 Å². The van der Waals surface area contributed by atoms with E-state index in [1.54, 1.807) is 32.0 Å². The topological polar surface area (TPSA) is 100 Å². The lowest BCUT2D eigenvalue weighted by Gasteiger charge is -2.26. The Morgan fingerprint density at radius 2 is 1.62 bits per heavy atom. The third-order valence-corrected chi connectivity index (χ3v) is 4.09. The molecule has 0 aliphatic carbocycles. The van der Waals surface area contributed by atoms with Crippen LogP contribution < -0.4 is 15.0 Å². The number of rotatable bonds is 8. The minimum Gasteiger partial charge on any atom is -0.493 e. The third-order valence-electron chi connectivity index (χ3n) is 4.09. The van der Waals surface area contributed by atoms with E-state index >= 15 is 0 Å². The molecule has 0 saturated heterocycles. The van der Waals surface area contributed by atoms with E-state index in [0.717, 1.165) is 0 Å².